The van der Waals surface area contributed by atoms with Crippen LogP contribution >= 0.6 is 0 Å². The third kappa shape index (κ3) is 7.59. The van der Waals surface area contributed by atoms with Crippen LogP contribution in [0, 0.1) is 19.8 Å². The number of aliphatic carboxylic acids is 2. The molecule has 1 unspecified atom stereocenters. The molecular weight excluding hydrogens is 455 g/mol. The van der Waals surface area contributed by atoms with Gasteiger partial charge in [-0.3, -0.25) is 4.90 Å². The van der Waals surface area contributed by atoms with Gasteiger partial charge in [0.15, 0.2) is 0 Å². The van der Waals surface area contributed by atoms with Crippen LogP contribution in [0.3, 0.4) is 0 Å². The van der Waals surface area contributed by atoms with Crippen molar-refractivity contribution < 1.29 is 42.4 Å². The number of likely N-dealkylation sites (tertiary alicyclic amines) is 1. The number of ether oxygens (including phenoxy) is 2. The van der Waals surface area contributed by atoms with Crippen LogP contribution in [0.2, 0.25) is 0 Å². The topological polar surface area (TPSA) is 96.3 Å². The van der Waals surface area contributed by atoms with Crippen LogP contribution in [0.1, 0.15) is 55.7 Å². The lowest BCUT2D eigenvalue weighted by atomic mass is 9.93. The van der Waals surface area contributed by atoms with Gasteiger partial charge >= 0.3 is 18.1 Å². The van der Waals surface area contributed by atoms with Crippen molar-refractivity contribution >= 4 is 11.9 Å². The second-order valence-corrected chi connectivity index (χ2v) is 9.07. The lowest BCUT2D eigenvalue weighted by molar-refractivity contribution is -0.192. The fraction of sp³-hybridized carbons (Fsp3) is 0.667. The fourth-order valence-corrected chi connectivity index (χ4v) is 4.50. The maximum Gasteiger partial charge on any atom is 0.490 e. The SMILES string of the molecule is CCCC1CCN(Cc2cc(C)cc(C)c2OC2(C(=O)O)CCOCC2)C1.O=C(O)C(F)(F)F. The molecule has 2 N–H and O–H groups in total. The van der Waals surface area contributed by atoms with Crippen LogP contribution in [0.4, 0.5) is 13.2 Å². The standard InChI is InChI=1S/C22H33NO4.C2HF3O2/c1-4-5-18-6-9-23(14-18)15-19-13-16(2)12-17(3)20(19)27-22(21(24)25)7-10-26-11-8-22;3-2(4,5)1(6)7/h12-13,18H,4-11,14-15H2,1-3H3,(H,24,25);(H,6,7). The fourth-order valence-electron chi connectivity index (χ4n) is 4.50. The van der Waals surface area contributed by atoms with Crippen molar-refractivity contribution in [3.05, 3.63) is 28.8 Å². The molecule has 1 aromatic carbocycles. The molecule has 3 rings (SSSR count). The van der Waals surface area contributed by atoms with Crippen molar-refractivity contribution in [1.29, 1.82) is 0 Å². The summed E-state index contributed by atoms with van der Waals surface area (Å²) >= 11 is 0. The number of aryl methyl sites for hydroxylation is 2. The van der Waals surface area contributed by atoms with Gasteiger partial charge in [0.1, 0.15) is 5.75 Å². The minimum absolute atomic E-state index is 0.386. The molecule has 2 aliphatic heterocycles. The summed E-state index contributed by atoms with van der Waals surface area (Å²) in [5.74, 6) is -2.11. The van der Waals surface area contributed by atoms with Crippen LogP contribution in [0.25, 0.3) is 0 Å². The summed E-state index contributed by atoms with van der Waals surface area (Å²) in [7, 11) is 0. The van der Waals surface area contributed by atoms with Crippen LogP contribution in [0.15, 0.2) is 12.1 Å². The van der Waals surface area contributed by atoms with E-state index in [4.69, 9.17) is 19.4 Å². The third-order valence-electron chi connectivity index (χ3n) is 6.19. The molecule has 7 nitrogen and oxygen atoms in total. The van der Waals surface area contributed by atoms with Crippen LogP contribution in [-0.2, 0) is 20.9 Å². The first-order valence-electron chi connectivity index (χ1n) is 11.5. The van der Waals surface area contributed by atoms with Gasteiger partial charge in [-0.1, -0.05) is 31.0 Å². The Labute approximate surface area is 197 Å². The van der Waals surface area contributed by atoms with E-state index in [1.54, 1.807) is 0 Å². The van der Waals surface area contributed by atoms with Gasteiger partial charge < -0.3 is 19.7 Å². The van der Waals surface area contributed by atoms with Crippen molar-refractivity contribution in [3.8, 4) is 5.75 Å². The number of alkyl halides is 3. The summed E-state index contributed by atoms with van der Waals surface area (Å²) in [4.78, 5) is 23.4. The molecule has 2 saturated heterocycles. The van der Waals surface area contributed by atoms with Crippen molar-refractivity contribution in [2.45, 2.75) is 71.2 Å². The highest BCUT2D eigenvalue weighted by molar-refractivity contribution is 5.78. The molecule has 2 heterocycles. The molecule has 10 heteroatoms. The third-order valence-corrected chi connectivity index (χ3v) is 6.19. The van der Waals surface area contributed by atoms with E-state index in [9.17, 15) is 23.1 Å². The zero-order valence-electron chi connectivity index (χ0n) is 19.9. The Morgan fingerprint density at radius 3 is 2.35 bits per heavy atom. The van der Waals surface area contributed by atoms with Crippen molar-refractivity contribution in [3.63, 3.8) is 0 Å². The molecule has 192 valence electrons. The molecule has 2 fully saturated rings. The minimum atomic E-state index is -5.08. The summed E-state index contributed by atoms with van der Waals surface area (Å²) in [6, 6.07) is 4.24. The van der Waals surface area contributed by atoms with Crippen LogP contribution in [-0.4, -0.2) is 65.1 Å². The number of carbonyl (C=O) groups is 2. The first kappa shape index (κ1) is 27.9. The molecule has 34 heavy (non-hydrogen) atoms. The van der Waals surface area contributed by atoms with Crippen LogP contribution < -0.4 is 4.74 Å². The Hall–Kier alpha value is -2.33. The summed E-state index contributed by atoms with van der Waals surface area (Å²) in [5.41, 5.74) is 2.14. The van der Waals surface area contributed by atoms with Gasteiger partial charge in [-0.05, 0) is 44.7 Å². The Balaban J connectivity index is 0.000000509. The van der Waals surface area contributed by atoms with Gasteiger partial charge in [0.05, 0.1) is 13.2 Å². The van der Waals surface area contributed by atoms with E-state index >= 15 is 0 Å². The molecule has 0 aliphatic carbocycles. The molecule has 0 saturated carbocycles. The Morgan fingerprint density at radius 1 is 1.21 bits per heavy atom. The first-order valence-corrected chi connectivity index (χ1v) is 11.5. The van der Waals surface area contributed by atoms with E-state index < -0.39 is 23.7 Å². The Morgan fingerprint density at radius 2 is 1.82 bits per heavy atom. The highest BCUT2D eigenvalue weighted by Crippen LogP contribution is 2.35. The van der Waals surface area contributed by atoms with Gasteiger partial charge in [0.2, 0.25) is 5.60 Å². The highest BCUT2D eigenvalue weighted by atomic mass is 19.4. The second kappa shape index (κ2) is 11.9. The summed E-state index contributed by atoms with van der Waals surface area (Å²) in [6.45, 7) is 10.3. The smallest absolute Gasteiger partial charge is 0.478 e. The predicted molar refractivity (Wildman–Crippen MR) is 119 cm³/mol. The Bertz CT molecular complexity index is 852. The number of rotatable bonds is 7. The maximum atomic E-state index is 12.0. The largest absolute Gasteiger partial charge is 0.490 e. The van der Waals surface area contributed by atoms with Gasteiger partial charge in [-0.2, -0.15) is 13.2 Å². The van der Waals surface area contributed by atoms with E-state index in [1.165, 1.54) is 24.8 Å². The van der Waals surface area contributed by atoms with Gasteiger partial charge in [-0.25, -0.2) is 9.59 Å². The number of nitrogens with zero attached hydrogens (tertiary/aromatic N) is 1. The Kier molecular flexibility index (Phi) is 9.75. The summed E-state index contributed by atoms with van der Waals surface area (Å²) < 4.78 is 43.4. The zero-order chi connectivity index (χ0) is 25.5. The van der Waals surface area contributed by atoms with E-state index in [0.717, 1.165) is 42.4 Å². The molecule has 0 radical (unpaired) electrons. The number of hydrogen-bond acceptors (Lipinski definition) is 5. The molecular formula is C24H34F3NO6. The van der Waals surface area contributed by atoms with Crippen molar-refractivity contribution in [2.75, 3.05) is 26.3 Å². The average molecular weight is 490 g/mol. The van der Waals surface area contributed by atoms with Gasteiger partial charge in [-0.15, -0.1) is 0 Å². The number of halogens is 3. The van der Waals surface area contributed by atoms with E-state index in [-0.39, 0.29) is 0 Å². The number of carboxylic acids is 2. The molecule has 2 aliphatic rings. The summed E-state index contributed by atoms with van der Waals surface area (Å²) in [6.07, 6.45) is -0.533. The molecule has 0 spiro atoms. The van der Waals surface area contributed by atoms with E-state index in [1.807, 2.05) is 6.92 Å². The van der Waals surface area contributed by atoms with E-state index in [0.29, 0.717) is 26.1 Å². The first-order chi connectivity index (χ1) is 15.9. The lowest BCUT2D eigenvalue weighted by Crippen LogP contribution is -2.49. The maximum absolute atomic E-state index is 12.0. The quantitative estimate of drug-likeness (QED) is 0.579. The van der Waals surface area contributed by atoms with Gasteiger partial charge in [0, 0.05) is 31.5 Å². The second-order valence-electron chi connectivity index (χ2n) is 9.07. The highest BCUT2D eigenvalue weighted by Gasteiger charge is 2.43. The van der Waals surface area contributed by atoms with Crippen molar-refractivity contribution in [1.82, 2.24) is 4.90 Å². The number of carboxylic acid groups (broad SMARTS) is 2. The van der Waals surface area contributed by atoms with E-state index in [2.05, 4.69) is 30.9 Å². The molecule has 1 aromatic rings. The molecule has 0 bridgehead atoms. The number of benzene rings is 1. The lowest BCUT2D eigenvalue weighted by Gasteiger charge is -2.35. The number of hydrogen-bond donors (Lipinski definition) is 2. The molecule has 1 atom stereocenters. The molecule has 0 amide bonds. The summed E-state index contributed by atoms with van der Waals surface area (Å²) in [5, 5.41) is 17.0. The predicted octanol–water partition coefficient (Wildman–Crippen LogP) is 4.57. The van der Waals surface area contributed by atoms with Crippen LogP contribution in [0.5, 0.6) is 5.75 Å². The normalized spacial score (nSPS) is 20.4. The molecule has 0 aromatic heterocycles. The average Bonchev–Trinajstić information content (AvgIpc) is 3.18. The van der Waals surface area contributed by atoms with Crippen molar-refractivity contribution in [2.24, 2.45) is 5.92 Å². The zero-order valence-corrected chi connectivity index (χ0v) is 19.9. The van der Waals surface area contributed by atoms with Gasteiger partial charge in [0.25, 0.3) is 0 Å². The monoisotopic (exact) mass is 489 g/mol. The minimum Gasteiger partial charge on any atom is -0.478 e.